The third kappa shape index (κ3) is 4.03. The van der Waals surface area contributed by atoms with Gasteiger partial charge in [0.25, 0.3) is 0 Å². The Kier molecular flexibility index (Phi) is 5.73. The van der Waals surface area contributed by atoms with Crippen molar-refractivity contribution in [2.24, 2.45) is 5.84 Å². The minimum atomic E-state index is -0.272. The quantitative estimate of drug-likeness (QED) is 0.615. The Balaban J connectivity index is 2.25. The molecule has 3 N–H and O–H groups in total. The lowest BCUT2D eigenvalue weighted by Crippen LogP contribution is -2.30. The molecule has 2 aromatic rings. The largest absolute Gasteiger partial charge is 0.494 e. The molecule has 0 aromatic heterocycles. The lowest BCUT2D eigenvalue weighted by atomic mass is 9.98. The number of hydrogen-bond donors (Lipinski definition) is 2. The molecule has 0 aliphatic heterocycles. The number of nitrogens with one attached hydrogen (secondary N) is 1. The van der Waals surface area contributed by atoms with E-state index in [0.29, 0.717) is 17.5 Å². The van der Waals surface area contributed by atoms with E-state index in [4.69, 9.17) is 10.6 Å². The molecule has 2 rings (SSSR count). The second kappa shape index (κ2) is 7.54. The van der Waals surface area contributed by atoms with Crippen molar-refractivity contribution in [3.05, 3.63) is 63.9 Å². The number of para-hydroxylation sites is 1. The average molecular weight is 353 g/mol. The van der Waals surface area contributed by atoms with Gasteiger partial charge in [0, 0.05) is 5.56 Å². The predicted molar refractivity (Wildman–Crippen MR) is 85.5 cm³/mol. The Bertz CT molecular complexity index is 607. The topological polar surface area (TPSA) is 47.3 Å². The van der Waals surface area contributed by atoms with Crippen molar-refractivity contribution in [3.63, 3.8) is 0 Å². The monoisotopic (exact) mass is 352 g/mol. The van der Waals surface area contributed by atoms with E-state index >= 15 is 0 Å². The molecule has 0 saturated carbocycles. The van der Waals surface area contributed by atoms with Crippen LogP contribution in [0.4, 0.5) is 4.39 Å². The molecule has 0 heterocycles. The van der Waals surface area contributed by atoms with E-state index in [1.165, 1.54) is 6.07 Å². The van der Waals surface area contributed by atoms with Crippen LogP contribution in [0.25, 0.3) is 0 Å². The van der Waals surface area contributed by atoms with Gasteiger partial charge in [0.1, 0.15) is 11.6 Å². The van der Waals surface area contributed by atoms with Gasteiger partial charge in [-0.05, 0) is 53.0 Å². The molecule has 0 bridgehead atoms. The lowest BCUT2D eigenvalue weighted by Gasteiger charge is -2.20. The SMILES string of the molecule is CCOc1ccccc1C(Cc1ccc(F)c(Br)c1)NN. The first-order chi connectivity index (χ1) is 10.2. The van der Waals surface area contributed by atoms with Crippen LogP contribution in [-0.4, -0.2) is 6.61 Å². The van der Waals surface area contributed by atoms with E-state index in [1.807, 2.05) is 31.2 Å². The third-order valence-corrected chi connectivity index (χ3v) is 3.83. The maximum absolute atomic E-state index is 13.3. The number of halogens is 2. The van der Waals surface area contributed by atoms with E-state index in [2.05, 4.69) is 21.4 Å². The highest BCUT2D eigenvalue weighted by Crippen LogP contribution is 2.28. The zero-order valence-corrected chi connectivity index (χ0v) is 13.4. The third-order valence-electron chi connectivity index (χ3n) is 3.22. The van der Waals surface area contributed by atoms with Crippen molar-refractivity contribution in [2.75, 3.05) is 6.61 Å². The Labute approximate surface area is 132 Å². The number of hydrogen-bond acceptors (Lipinski definition) is 3. The molecule has 21 heavy (non-hydrogen) atoms. The summed E-state index contributed by atoms with van der Waals surface area (Å²) < 4.78 is 19.4. The molecule has 1 unspecified atom stereocenters. The summed E-state index contributed by atoms with van der Waals surface area (Å²) in [7, 11) is 0. The molecule has 5 heteroatoms. The number of rotatable bonds is 6. The first-order valence-corrected chi connectivity index (χ1v) is 7.56. The van der Waals surface area contributed by atoms with Gasteiger partial charge in [-0.15, -0.1) is 0 Å². The number of hydrazine groups is 1. The number of benzene rings is 2. The van der Waals surface area contributed by atoms with Crippen molar-refractivity contribution in [1.29, 1.82) is 0 Å². The maximum atomic E-state index is 13.3. The van der Waals surface area contributed by atoms with Crippen molar-refractivity contribution < 1.29 is 9.13 Å². The molecule has 0 aliphatic carbocycles. The standard InChI is InChI=1S/C16H18BrFN2O/c1-2-21-16-6-4-3-5-12(16)15(20-19)10-11-7-8-14(18)13(17)9-11/h3-9,15,20H,2,10,19H2,1H3. The summed E-state index contributed by atoms with van der Waals surface area (Å²) in [5.41, 5.74) is 4.78. The Hall–Kier alpha value is -1.43. The fourth-order valence-electron chi connectivity index (χ4n) is 2.22. The van der Waals surface area contributed by atoms with Gasteiger partial charge in [-0.2, -0.15) is 0 Å². The Morgan fingerprint density at radius 3 is 2.71 bits per heavy atom. The summed E-state index contributed by atoms with van der Waals surface area (Å²) >= 11 is 3.20. The minimum absolute atomic E-state index is 0.106. The molecule has 0 amide bonds. The van der Waals surface area contributed by atoms with Gasteiger partial charge >= 0.3 is 0 Å². The molecule has 0 aliphatic rings. The smallest absolute Gasteiger partial charge is 0.137 e. The molecule has 2 aromatic carbocycles. The van der Waals surface area contributed by atoms with E-state index < -0.39 is 0 Å². The predicted octanol–water partition coefficient (Wildman–Crippen LogP) is 3.73. The minimum Gasteiger partial charge on any atom is -0.494 e. The molecule has 112 valence electrons. The van der Waals surface area contributed by atoms with Crippen molar-refractivity contribution in [1.82, 2.24) is 5.43 Å². The van der Waals surface area contributed by atoms with Crippen molar-refractivity contribution in [3.8, 4) is 5.75 Å². The number of ether oxygens (including phenoxy) is 1. The summed E-state index contributed by atoms with van der Waals surface area (Å²) in [6.07, 6.45) is 0.638. The van der Waals surface area contributed by atoms with Gasteiger partial charge in [-0.1, -0.05) is 24.3 Å². The summed E-state index contributed by atoms with van der Waals surface area (Å²) in [4.78, 5) is 0. The van der Waals surface area contributed by atoms with Crippen molar-refractivity contribution in [2.45, 2.75) is 19.4 Å². The van der Waals surface area contributed by atoms with E-state index in [1.54, 1.807) is 12.1 Å². The van der Waals surface area contributed by atoms with Gasteiger partial charge in [0.05, 0.1) is 17.1 Å². The van der Waals surface area contributed by atoms with Crippen LogP contribution in [0.15, 0.2) is 46.9 Å². The molecule has 1 atom stereocenters. The highest BCUT2D eigenvalue weighted by molar-refractivity contribution is 9.10. The molecule has 0 spiro atoms. The molecular formula is C16H18BrFN2O. The van der Waals surface area contributed by atoms with E-state index in [0.717, 1.165) is 16.9 Å². The Morgan fingerprint density at radius 1 is 1.29 bits per heavy atom. The summed E-state index contributed by atoms with van der Waals surface area (Å²) in [5.74, 6) is 6.23. The number of nitrogens with two attached hydrogens (primary N) is 1. The van der Waals surface area contributed by atoms with Crippen molar-refractivity contribution >= 4 is 15.9 Å². The molecule has 0 saturated heterocycles. The first kappa shape index (κ1) is 15.9. The summed E-state index contributed by atoms with van der Waals surface area (Å²) in [6, 6.07) is 12.6. The van der Waals surface area contributed by atoms with Crippen LogP contribution < -0.4 is 16.0 Å². The fraction of sp³-hybridized carbons (Fsp3) is 0.250. The van der Waals surface area contributed by atoms with Crippen LogP contribution in [0.3, 0.4) is 0 Å². The van der Waals surface area contributed by atoms with Crippen LogP contribution in [-0.2, 0) is 6.42 Å². The molecule has 0 radical (unpaired) electrons. The zero-order chi connectivity index (χ0) is 15.2. The molecular weight excluding hydrogens is 335 g/mol. The Morgan fingerprint density at radius 2 is 2.05 bits per heavy atom. The zero-order valence-electron chi connectivity index (χ0n) is 11.8. The van der Waals surface area contributed by atoms with Gasteiger partial charge < -0.3 is 4.74 Å². The highest BCUT2D eigenvalue weighted by Gasteiger charge is 2.16. The highest BCUT2D eigenvalue weighted by atomic mass is 79.9. The van der Waals surface area contributed by atoms with Gasteiger partial charge in [0.15, 0.2) is 0 Å². The van der Waals surface area contributed by atoms with Crippen LogP contribution in [0.5, 0.6) is 5.75 Å². The van der Waals surface area contributed by atoms with Gasteiger partial charge in [0.2, 0.25) is 0 Å². The second-order valence-electron chi connectivity index (χ2n) is 4.64. The molecule has 0 fully saturated rings. The van der Waals surface area contributed by atoms with Crippen LogP contribution in [0.2, 0.25) is 0 Å². The summed E-state index contributed by atoms with van der Waals surface area (Å²) in [5, 5.41) is 0. The van der Waals surface area contributed by atoms with Crippen LogP contribution in [0, 0.1) is 5.82 Å². The maximum Gasteiger partial charge on any atom is 0.137 e. The van der Waals surface area contributed by atoms with Gasteiger partial charge in [-0.3, -0.25) is 11.3 Å². The van der Waals surface area contributed by atoms with E-state index in [-0.39, 0.29) is 11.9 Å². The summed E-state index contributed by atoms with van der Waals surface area (Å²) in [6.45, 7) is 2.54. The van der Waals surface area contributed by atoms with Crippen LogP contribution >= 0.6 is 15.9 Å². The fourth-order valence-corrected chi connectivity index (χ4v) is 2.64. The lowest BCUT2D eigenvalue weighted by molar-refractivity contribution is 0.331. The average Bonchev–Trinajstić information content (AvgIpc) is 2.49. The van der Waals surface area contributed by atoms with Crippen LogP contribution in [0.1, 0.15) is 24.1 Å². The molecule has 3 nitrogen and oxygen atoms in total. The van der Waals surface area contributed by atoms with Gasteiger partial charge in [-0.25, -0.2) is 4.39 Å². The second-order valence-corrected chi connectivity index (χ2v) is 5.50. The first-order valence-electron chi connectivity index (χ1n) is 6.77. The van der Waals surface area contributed by atoms with E-state index in [9.17, 15) is 4.39 Å². The normalized spacial score (nSPS) is 12.2.